The molecule has 0 aliphatic heterocycles. The van der Waals surface area contributed by atoms with E-state index in [2.05, 4.69) is 51.1 Å². The summed E-state index contributed by atoms with van der Waals surface area (Å²) in [4.78, 5) is 16.5. The summed E-state index contributed by atoms with van der Waals surface area (Å²) in [5, 5.41) is 12.1. The van der Waals surface area contributed by atoms with E-state index in [1.165, 1.54) is 28.2 Å². The minimum atomic E-state index is -0.142. The van der Waals surface area contributed by atoms with Gasteiger partial charge in [0.2, 0.25) is 0 Å². The van der Waals surface area contributed by atoms with Crippen molar-refractivity contribution in [1.82, 2.24) is 4.98 Å². The van der Waals surface area contributed by atoms with Gasteiger partial charge in [0.25, 0.3) is 0 Å². The first kappa shape index (κ1) is 30.8. The molecular formula is C34H40IrNO3-. The number of aromatic nitrogens is 1. The molecule has 1 N–H and O–H groups in total. The van der Waals surface area contributed by atoms with Crippen LogP contribution in [0.2, 0.25) is 0 Å². The van der Waals surface area contributed by atoms with Gasteiger partial charge in [0.1, 0.15) is 5.58 Å². The Labute approximate surface area is 246 Å². The zero-order chi connectivity index (χ0) is 27.6. The molecule has 5 rings (SSSR count). The number of aliphatic hydroxyl groups is 1. The minimum absolute atomic E-state index is 0. The van der Waals surface area contributed by atoms with Gasteiger partial charge in [-0.3, -0.25) is 4.79 Å². The van der Waals surface area contributed by atoms with Crippen LogP contribution in [-0.2, 0) is 30.3 Å². The van der Waals surface area contributed by atoms with Gasteiger partial charge in [-0.25, -0.2) is 0 Å². The Morgan fingerprint density at radius 3 is 2.28 bits per heavy atom. The van der Waals surface area contributed by atoms with Crippen LogP contribution in [0, 0.1) is 24.8 Å². The minimum Gasteiger partial charge on any atom is -0.512 e. The number of aryl methyl sites for hydroxylation is 1. The summed E-state index contributed by atoms with van der Waals surface area (Å²) in [7, 11) is 0. The van der Waals surface area contributed by atoms with E-state index in [9.17, 15) is 9.90 Å². The third-order valence-corrected chi connectivity index (χ3v) is 8.23. The monoisotopic (exact) mass is 703 g/mol. The number of ketones is 1. The van der Waals surface area contributed by atoms with Crippen LogP contribution in [0.15, 0.2) is 58.8 Å². The van der Waals surface area contributed by atoms with Crippen molar-refractivity contribution < 1.29 is 34.4 Å². The molecule has 0 unspecified atom stereocenters. The molecule has 2 aromatic heterocycles. The summed E-state index contributed by atoms with van der Waals surface area (Å²) in [6.45, 7) is 14.8. The van der Waals surface area contributed by atoms with Crippen molar-refractivity contribution in [3.63, 3.8) is 0 Å². The predicted molar refractivity (Wildman–Crippen MR) is 157 cm³/mol. The number of aliphatic hydroxyl groups excluding tert-OH is 1. The number of carbonyl (C=O) groups is 1. The topological polar surface area (TPSA) is 63.3 Å². The summed E-state index contributed by atoms with van der Waals surface area (Å²) in [6.07, 6.45) is 6.80. The summed E-state index contributed by atoms with van der Waals surface area (Å²) >= 11 is 0. The Morgan fingerprint density at radius 1 is 1.00 bits per heavy atom. The van der Waals surface area contributed by atoms with Crippen molar-refractivity contribution in [1.29, 1.82) is 0 Å². The number of fused-ring (bicyclic) bond motifs is 2. The van der Waals surface area contributed by atoms with Gasteiger partial charge in [0.15, 0.2) is 5.78 Å². The SMILES string of the molecule is CCC(CC)C(=O)/C=C(\O)C(CC)CC.Cc1ccnc2c1C(C)(C)c1cccc3oc4cc[c-]c-2c4c13.[Ir]. The van der Waals surface area contributed by atoms with E-state index in [1.807, 2.05) is 46.0 Å². The molecule has 209 valence electrons. The van der Waals surface area contributed by atoms with Gasteiger partial charge in [-0.2, -0.15) is 0 Å². The summed E-state index contributed by atoms with van der Waals surface area (Å²) in [5.41, 5.74) is 7.64. The van der Waals surface area contributed by atoms with Crippen molar-refractivity contribution in [3.8, 4) is 11.3 Å². The molecule has 4 aromatic rings. The number of hydrogen-bond donors (Lipinski definition) is 1. The van der Waals surface area contributed by atoms with Crippen molar-refractivity contribution in [2.75, 3.05) is 0 Å². The molecule has 0 amide bonds. The first-order chi connectivity index (χ1) is 18.2. The second kappa shape index (κ2) is 12.6. The maximum atomic E-state index is 11.7. The Kier molecular flexibility index (Phi) is 9.96. The number of nitrogens with zero attached hydrogens (tertiary/aromatic N) is 1. The van der Waals surface area contributed by atoms with Crippen molar-refractivity contribution in [2.24, 2.45) is 11.8 Å². The second-order valence-electron chi connectivity index (χ2n) is 10.8. The fourth-order valence-electron chi connectivity index (χ4n) is 5.96. The van der Waals surface area contributed by atoms with E-state index in [4.69, 9.17) is 9.40 Å². The molecule has 4 nitrogen and oxygen atoms in total. The summed E-state index contributed by atoms with van der Waals surface area (Å²) in [6, 6.07) is 15.8. The average molecular weight is 703 g/mol. The van der Waals surface area contributed by atoms with Crippen LogP contribution >= 0.6 is 0 Å². The van der Waals surface area contributed by atoms with Crippen molar-refractivity contribution >= 4 is 27.7 Å². The molecule has 1 aliphatic carbocycles. The second-order valence-corrected chi connectivity index (χ2v) is 10.8. The van der Waals surface area contributed by atoms with Crippen LogP contribution in [0.3, 0.4) is 0 Å². The standard InChI is InChI=1S/C21H16NO.C13H24O2.Ir/c1-12-10-11-22-20-13-6-4-8-15-17(13)18-14(21(2,3)19(12)20)7-5-9-16(18)23-15;1-5-10(6-2)12(14)9-13(15)11(7-3)8-4;/h4-5,7-11H,1-3H3;9-11,14H,5-8H2,1-4H3;/q-1;;/b;12-9-;. The van der Waals surface area contributed by atoms with E-state index < -0.39 is 0 Å². The molecule has 0 bridgehead atoms. The smallest absolute Gasteiger partial charge is 0.162 e. The third kappa shape index (κ3) is 5.62. The maximum Gasteiger partial charge on any atom is 0.162 e. The number of allylic oxidation sites excluding steroid dienone is 2. The maximum absolute atomic E-state index is 11.7. The van der Waals surface area contributed by atoms with Crippen LogP contribution in [0.25, 0.3) is 33.2 Å². The van der Waals surface area contributed by atoms with Gasteiger partial charge in [-0.1, -0.05) is 76.3 Å². The number of carbonyl (C=O) groups excluding carboxylic acids is 1. The summed E-state index contributed by atoms with van der Waals surface area (Å²) in [5.74, 6) is 0.547. The first-order valence-electron chi connectivity index (χ1n) is 14.0. The normalized spacial score (nSPS) is 13.7. The van der Waals surface area contributed by atoms with Gasteiger partial charge >= 0.3 is 0 Å². The van der Waals surface area contributed by atoms with E-state index in [0.717, 1.165) is 53.5 Å². The number of hydrogen-bond acceptors (Lipinski definition) is 4. The van der Waals surface area contributed by atoms with Crippen LogP contribution in [0.1, 0.15) is 83.9 Å². The molecule has 2 heterocycles. The van der Waals surface area contributed by atoms with Crippen molar-refractivity contribution in [2.45, 2.75) is 79.6 Å². The van der Waals surface area contributed by atoms with Crippen molar-refractivity contribution in [3.05, 3.63) is 77.2 Å². The largest absolute Gasteiger partial charge is 0.512 e. The number of benzene rings is 2. The van der Waals surface area contributed by atoms with E-state index in [0.29, 0.717) is 0 Å². The molecule has 5 heteroatoms. The molecule has 39 heavy (non-hydrogen) atoms. The average Bonchev–Trinajstić information content (AvgIpc) is 3.25. The number of pyridine rings is 1. The number of furan rings is 1. The van der Waals surface area contributed by atoms with Gasteiger partial charge < -0.3 is 14.5 Å². The Morgan fingerprint density at radius 2 is 1.64 bits per heavy atom. The Balaban J connectivity index is 0.000000233. The Bertz CT molecular complexity index is 1490. The van der Waals surface area contributed by atoms with Gasteiger partial charge in [-0.05, 0) is 61.4 Å². The third-order valence-electron chi connectivity index (χ3n) is 8.23. The number of rotatable bonds is 7. The quantitative estimate of drug-likeness (QED) is 0.119. The molecular weight excluding hydrogens is 663 g/mol. The molecule has 0 spiro atoms. The van der Waals surface area contributed by atoms with E-state index in [-0.39, 0.29) is 48.9 Å². The van der Waals surface area contributed by atoms with Crippen LogP contribution < -0.4 is 0 Å². The molecule has 2 aromatic carbocycles. The predicted octanol–water partition coefficient (Wildman–Crippen LogP) is 9.26. The molecule has 0 atom stereocenters. The Hall–Kier alpha value is -2.75. The van der Waals surface area contributed by atoms with Crippen LogP contribution in [0.4, 0.5) is 0 Å². The van der Waals surface area contributed by atoms with Crippen LogP contribution in [-0.4, -0.2) is 15.9 Å². The van der Waals surface area contributed by atoms with E-state index >= 15 is 0 Å². The fourth-order valence-corrected chi connectivity index (χ4v) is 5.96. The molecule has 0 saturated carbocycles. The van der Waals surface area contributed by atoms with E-state index in [1.54, 1.807) is 0 Å². The van der Waals surface area contributed by atoms with Gasteiger partial charge in [0.05, 0.1) is 11.3 Å². The summed E-state index contributed by atoms with van der Waals surface area (Å²) < 4.78 is 6.10. The zero-order valence-electron chi connectivity index (χ0n) is 24.1. The van der Waals surface area contributed by atoms with Crippen LogP contribution in [0.5, 0.6) is 0 Å². The van der Waals surface area contributed by atoms with Gasteiger partial charge in [0, 0.05) is 49.6 Å². The molecule has 0 saturated heterocycles. The first-order valence-corrected chi connectivity index (χ1v) is 14.0. The molecule has 1 radical (unpaired) electrons. The molecule has 1 aliphatic rings. The zero-order valence-corrected chi connectivity index (χ0v) is 26.5. The van der Waals surface area contributed by atoms with Gasteiger partial charge in [-0.15, -0.1) is 17.7 Å². The molecule has 0 fully saturated rings. The fraction of sp³-hybridized carbons (Fsp3) is 0.412.